The lowest BCUT2D eigenvalue weighted by atomic mass is 10.0. The summed E-state index contributed by atoms with van der Waals surface area (Å²) in [5.74, 6) is 0.993. The molecule has 108 valence electrons. The Morgan fingerprint density at radius 3 is 2.58 bits per heavy atom. The van der Waals surface area contributed by atoms with Crippen LogP contribution in [0, 0.1) is 5.92 Å². The Hall–Kier alpha value is -0.620. The summed E-state index contributed by atoms with van der Waals surface area (Å²) in [4.78, 5) is 0. The molecular formula is C14H23BrN2O2. The molecule has 0 saturated carbocycles. The van der Waals surface area contributed by atoms with Gasteiger partial charge in [-0.1, -0.05) is 13.0 Å². The van der Waals surface area contributed by atoms with Crippen molar-refractivity contribution in [2.75, 3.05) is 20.3 Å². The van der Waals surface area contributed by atoms with Gasteiger partial charge in [0.2, 0.25) is 0 Å². The van der Waals surface area contributed by atoms with E-state index in [2.05, 4.69) is 28.2 Å². The lowest BCUT2D eigenvalue weighted by molar-refractivity contribution is 0.201. The molecule has 0 radical (unpaired) electrons. The van der Waals surface area contributed by atoms with E-state index in [0.717, 1.165) is 15.8 Å². The van der Waals surface area contributed by atoms with E-state index in [1.165, 1.54) is 0 Å². The quantitative estimate of drug-likeness (QED) is 0.715. The summed E-state index contributed by atoms with van der Waals surface area (Å²) in [6.45, 7) is 4.73. The molecule has 1 aromatic carbocycles. The largest absolute Gasteiger partial charge is 0.496 e. The number of benzene rings is 1. The van der Waals surface area contributed by atoms with Crippen LogP contribution in [0.4, 0.5) is 0 Å². The van der Waals surface area contributed by atoms with Gasteiger partial charge in [0.15, 0.2) is 0 Å². The molecule has 0 saturated heterocycles. The number of nitrogens with one attached hydrogen (secondary N) is 1. The highest BCUT2D eigenvalue weighted by Gasteiger charge is 2.17. The van der Waals surface area contributed by atoms with Crippen molar-refractivity contribution < 1.29 is 9.84 Å². The fraction of sp³-hybridized carbons (Fsp3) is 0.571. The molecule has 0 aliphatic carbocycles. The lowest BCUT2D eigenvalue weighted by Crippen LogP contribution is -2.39. The van der Waals surface area contributed by atoms with E-state index in [9.17, 15) is 5.11 Å². The number of nitrogens with two attached hydrogens (primary N) is 1. The molecule has 0 aliphatic rings. The first-order valence-electron chi connectivity index (χ1n) is 6.43. The topological polar surface area (TPSA) is 67.5 Å². The third kappa shape index (κ3) is 4.45. The van der Waals surface area contributed by atoms with E-state index in [4.69, 9.17) is 10.5 Å². The molecule has 0 amide bonds. The highest BCUT2D eigenvalue weighted by molar-refractivity contribution is 9.10. The second-order valence-electron chi connectivity index (χ2n) is 4.80. The molecule has 0 spiro atoms. The summed E-state index contributed by atoms with van der Waals surface area (Å²) in [6, 6.07) is 6.19. The average molecular weight is 331 g/mol. The maximum Gasteiger partial charge on any atom is 0.133 e. The molecule has 0 heterocycles. The number of halogens is 1. The van der Waals surface area contributed by atoms with Crippen LogP contribution in [0.2, 0.25) is 0 Å². The molecule has 0 bridgehead atoms. The van der Waals surface area contributed by atoms with Crippen LogP contribution >= 0.6 is 15.9 Å². The van der Waals surface area contributed by atoms with Crippen molar-refractivity contribution >= 4 is 15.9 Å². The third-order valence-electron chi connectivity index (χ3n) is 3.42. The number of hydrogen-bond acceptors (Lipinski definition) is 4. The molecule has 0 aliphatic heterocycles. The molecule has 4 nitrogen and oxygen atoms in total. The van der Waals surface area contributed by atoms with Crippen LogP contribution in [0.5, 0.6) is 5.75 Å². The van der Waals surface area contributed by atoms with Crippen LogP contribution in [0.25, 0.3) is 0 Å². The normalized spacial score (nSPS) is 15.9. The minimum Gasteiger partial charge on any atom is -0.496 e. The zero-order valence-electron chi connectivity index (χ0n) is 11.7. The second-order valence-corrected chi connectivity index (χ2v) is 5.65. The Bertz CT molecular complexity index is 401. The maximum atomic E-state index is 9.18. The highest BCUT2D eigenvalue weighted by atomic mass is 79.9. The molecule has 5 heteroatoms. The number of aliphatic hydroxyl groups excluding tert-OH is 1. The van der Waals surface area contributed by atoms with E-state index in [0.29, 0.717) is 6.54 Å². The molecule has 3 atom stereocenters. The molecular weight excluding hydrogens is 308 g/mol. The fourth-order valence-corrected chi connectivity index (χ4v) is 2.40. The van der Waals surface area contributed by atoms with Crippen molar-refractivity contribution in [3.8, 4) is 5.75 Å². The zero-order chi connectivity index (χ0) is 14.4. The van der Waals surface area contributed by atoms with E-state index < -0.39 is 0 Å². The number of aliphatic hydroxyl groups is 1. The standard InChI is InChI=1S/C14H23BrN2O2/c1-9(8-18)10(2)17-13(7-16)11-4-5-14(19-3)12(15)6-11/h4-6,9-10,13,17-18H,7-8,16H2,1-3H3. The summed E-state index contributed by atoms with van der Waals surface area (Å²) < 4.78 is 6.13. The Kier molecular flexibility index (Phi) is 6.79. The van der Waals surface area contributed by atoms with Gasteiger partial charge in [0.1, 0.15) is 5.75 Å². The van der Waals surface area contributed by atoms with Crippen molar-refractivity contribution in [2.24, 2.45) is 11.7 Å². The van der Waals surface area contributed by atoms with Crippen molar-refractivity contribution in [3.63, 3.8) is 0 Å². The van der Waals surface area contributed by atoms with Gasteiger partial charge in [-0.05, 0) is 46.5 Å². The predicted octanol–water partition coefficient (Wildman–Crippen LogP) is 2.06. The summed E-state index contributed by atoms with van der Waals surface area (Å²) in [5.41, 5.74) is 6.95. The first-order chi connectivity index (χ1) is 9.03. The van der Waals surface area contributed by atoms with Gasteiger partial charge in [0.25, 0.3) is 0 Å². The van der Waals surface area contributed by atoms with E-state index in [1.807, 2.05) is 25.1 Å². The predicted molar refractivity (Wildman–Crippen MR) is 81.3 cm³/mol. The van der Waals surface area contributed by atoms with Crippen LogP contribution in [0.15, 0.2) is 22.7 Å². The highest BCUT2D eigenvalue weighted by Crippen LogP contribution is 2.28. The zero-order valence-corrected chi connectivity index (χ0v) is 13.3. The van der Waals surface area contributed by atoms with Crippen molar-refractivity contribution in [3.05, 3.63) is 28.2 Å². The Balaban J connectivity index is 2.82. The molecule has 1 aromatic rings. The molecule has 1 rings (SSSR count). The van der Waals surface area contributed by atoms with Gasteiger partial charge in [-0.15, -0.1) is 0 Å². The van der Waals surface area contributed by atoms with Crippen molar-refractivity contribution in [1.82, 2.24) is 5.32 Å². The summed E-state index contributed by atoms with van der Waals surface area (Å²) in [6.07, 6.45) is 0. The number of ether oxygens (including phenoxy) is 1. The molecule has 0 aromatic heterocycles. The van der Waals surface area contributed by atoms with E-state index in [-0.39, 0.29) is 24.6 Å². The maximum absolute atomic E-state index is 9.18. The van der Waals surface area contributed by atoms with Crippen molar-refractivity contribution in [1.29, 1.82) is 0 Å². The van der Waals surface area contributed by atoms with Crippen LogP contribution < -0.4 is 15.8 Å². The van der Waals surface area contributed by atoms with Gasteiger partial charge < -0.3 is 20.9 Å². The van der Waals surface area contributed by atoms with Crippen LogP contribution in [-0.4, -0.2) is 31.4 Å². The van der Waals surface area contributed by atoms with Gasteiger partial charge in [0, 0.05) is 25.2 Å². The summed E-state index contributed by atoms with van der Waals surface area (Å²) in [7, 11) is 1.64. The Morgan fingerprint density at radius 1 is 1.42 bits per heavy atom. The van der Waals surface area contributed by atoms with Gasteiger partial charge in [-0.25, -0.2) is 0 Å². The third-order valence-corrected chi connectivity index (χ3v) is 4.04. The summed E-state index contributed by atoms with van der Waals surface area (Å²) >= 11 is 3.48. The van der Waals surface area contributed by atoms with E-state index in [1.54, 1.807) is 7.11 Å². The molecule has 4 N–H and O–H groups in total. The summed E-state index contributed by atoms with van der Waals surface area (Å²) in [5, 5.41) is 12.6. The van der Waals surface area contributed by atoms with Crippen LogP contribution in [0.1, 0.15) is 25.5 Å². The Labute approximate surface area is 123 Å². The van der Waals surface area contributed by atoms with Crippen LogP contribution in [0.3, 0.4) is 0 Å². The first kappa shape index (κ1) is 16.4. The lowest BCUT2D eigenvalue weighted by Gasteiger charge is -2.26. The van der Waals surface area contributed by atoms with Gasteiger partial charge in [-0.2, -0.15) is 0 Å². The Morgan fingerprint density at radius 2 is 2.11 bits per heavy atom. The molecule has 0 fully saturated rings. The molecule has 3 unspecified atom stereocenters. The van der Waals surface area contributed by atoms with Gasteiger partial charge in [0.05, 0.1) is 11.6 Å². The number of methoxy groups -OCH3 is 1. The minimum absolute atomic E-state index is 0.0613. The number of hydrogen-bond donors (Lipinski definition) is 3. The average Bonchev–Trinajstić information content (AvgIpc) is 2.43. The second kappa shape index (κ2) is 7.85. The van der Waals surface area contributed by atoms with Gasteiger partial charge >= 0.3 is 0 Å². The SMILES string of the molecule is COc1ccc(C(CN)NC(C)C(C)CO)cc1Br. The molecule has 19 heavy (non-hydrogen) atoms. The fourth-order valence-electron chi connectivity index (χ4n) is 1.84. The van der Waals surface area contributed by atoms with E-state index >= 15 is 0 Å². The minimum atomic E-state index is 0.0613. The number of rotatable bonds is 7. The monoisotopic (exact) mass is 330 g/mol. The van der Waals surface area contributed by atoms with Gasteiger partial charge in [-0.3, -0.25) is 0 Å². The first-order valence-corrected chi connectivity index (χ1v) is 7.23. The smallest absolute Gasteiger partial charge is 0.133 e. The van der Waals surface area contributed by atoms with Crippen molar-refractivity contribution in [2.45, 2.75) is 25.9 Å². The van der Waals surface area contributed by atoms with Crippen LogP contribution in [-0.2, 0) is 0 Å².